The fraction of sp³-hybridized carbons (Fsp3) is 0.263. The zero-order valence-electron chi connectivity index (χ0n) is 14.2. The van der Waals surface area contributed by atoms with Crippen LogP contribution in [0.4, 0.5) is 5.95 Å². The summed E-state index contributed by atoms with van der Waals surface area (Å²) >= 11 is 0. The van der Waals surface area contributed by atoms with E-state index < -0.39 is 0 Å². The van der Waals surface area contributed by atoms with E-state index in [4.69, 9.17) is 4.74 Å². The van der Waals surface area contributed by atoms with Crippen molar-refractivity contribution in [2.24, 2.45) is 7.05 Å². The van der Waals surface area contributed by atoms with E-state index in [0.717, 1.165) is 23.3 Å². The van der Waals surface area contributed by atoms with E-state index in [1.54, 1.807) is 18.7 Å². The van der Waals surface area contributed by atoms with Crippen LogP contribution in [-0.2, 0) is 13.5 Å². The normalized spacial score (nSPS) is 10.8. The predicted molar refractivity (Wildman–Crippen MR) is 96.9 cm³/mol. The van der Waals surface area contributed by atoms with Crippen LogP contribution in [0.15, 0.2) is 47.3 Å². The van der Waals surface area contributed by atoms with E-state index in [0.29, 0.717) is 17.9 Å². The lowest BCUT2D eigenvalue weighted by atomic mass is 10.1. The molecule has 124 valence electrons. The first-order chi connectivity index (χ1) is 11.6. The third kappa shape index (κ3) is 3.25. The second kappa shape index (κ2) is 6.74. The van der Waals surface area contributed by atoms with Gasteiger partial charge in [-0.1, -0.05) is 18.2 Å². The van der Waals surface area contributed by atoms with Crippen molar-refractivity contribution < 1.29 is 4.74 Å². The SMILES string of the molecule is COc1ccc(CCNc2nc3cc(C)ccc3c(=O)n2C)cc1. The van der Waals surface area contributed by atoms with Crippen molar-refractivity contribution in [3.8, 4) is 5.75 Å². The Hall–Kier alpha value is -2.82. The average Bonchev–Trinajstić information content (AvgIpc) is 2.59. The second-order valence-corrected chi connectivity index (χ2v) is 5.85. The van der Waals surface area contributed by atoms with Gasteiger partial charge in [0.2, 0.25) is 5.95 Å². The molecule has 24 heavy (non-hydrogen) atoms. The highest BCUT2D eigenvalue weighted by Gasteiger charge is 2.08. The summed E-state index contributed by atoms with van der Waals surface area (Å²) in [6.45, 7) is 2.69. The van der Waals surface area contributed by atoms with E-state index in [1.807, 2.05) is 49.4 Å². The molecule has 0 aliphatic rings. The van der Waals surface area contributed by atoms with Crippen LogP contribution in [0.2, 0.25) is 0 Å². The van der Waals surface area contributed by atoms with Crippen LogP contribution in [0.5, 0.6) is 5.75 Å². The Morgan fingerprint density at radius 3 is 2.62 bits per heavy atom. The van der Waals surface area contributed by atoms with Crippen LogP contribution in [0, 0.1) is 6.92 Å². The Morgan fingerprint density at radius 2 is 1.92 bits per heavy atom. The van der Waals surface area contributed by atoms with E-state index in [9.17, 15) is 4.79 Å². The van der Waals surface area contributed by atoms with E-state index >= 15 is 0 Å². The number of aryl methyl sites for hydroxylation is 1. The molecule has 0 aliphatic heterocycles. The van der Waals surface area contributed by atoms with Crippen molar-refractivity contribution in [2.45, 2.75) is 13.3 Å². The van der Waals surface area contributed by atoms with E-state index in [-0.39, 0.29) is 5.56 Å². The van der Waals surface area contributed by atoms with Crippen molar-refractivity contribution in [1.29, 1.82) is 0 Å². The average molecular weight is 323 g/mol. The number of fused-ring (bicyclic) bond motifs is 1. The fourth-order valence-electron chi connectivity index (χ4n) is 2.65. The Morgan fingerprint density at radius 1 is 1.17 bits per heavy atom. The largest absolute Gasteiger partial charge is 0.497 e. The molecule has 0 saturated heterocycles. The lowest BCUT2D eigenvalue weighted by Crippen LogP contribution is -2.23. The summed E-state index contributed by atoms with van der Waals surface area (Å²) in [5.41, 5.74) is 2.98. The predicted octanol–water partition coefficient (Wildman–Crippen LogP) is 2.91. The minimum atomic E-state index is -0.0352. The number of benzene rings is 2. The molecular weight excluding hydrogens is 302 g/mol. The van der Waals surface area contributed by atoms with E-state index in [2.05, 4.69) is 10.3 Å². The van der Waals surface area contributed by atoms with Crippen LogP contribution in [-0.4, -0.2) is 23.2 Å². The number of hydrogen-bond donors (Lipinski definition) is 1. The van der Waals surface area contributed by atoms with Gasteiger partial charge in [-0.2, -0.15) is 0 Å². The molecule has 0 atom stereocenters. The molecule has 1 heterocycles. The lowest BCUT2D eigenvalue weighted by Gasteiger charge is -2.11. The molecule has 5 heteroatoms. The van der Waals surface area contributed by atoms with Gasteiger partial charge in [0, 0.05) is 13.6 Å². The standard InChI is InChI=1S/C19H21N3O2/c1-13-4-9-16-17(12-13)21-19(22(2)18(16)23)20-11-10-14-5-7-15(24-3)8-6-14/h4-9,12H,10-11H2,1-3H3,(H,20,21). The number of methoxy groups -OCH3 is 1. The molecule has 0 fully saturated rings. The van der Waals surface area contributed by atoms with Gasteiger partial charge in [-0.15, -0.1) is 0 Å². The highest BCUT2D eigenvalue weighted by molar-refractivity contribution is 5.79. The molecule has 0 radical (unpaired) electrons. The van der Waals surface area contributed by atoms with Gasteiger partial charge in [-0.3, -0.25) is 9.36 Å². The number of nitrogens with one attached hydrogen (secondary N) is 1. The van der Waals surface area contributed by atoms with Crippen molar-refractivity contribution in [3.63, 3.8) is 0 Å². The van der Waals surface area contributed by atoms with Crippen LogP contribution < -0.4 is 15.6 Å². The van der Waals surface area contributed by atoms with Gasteiger partial charge in [0.15, 0.2) is 0 Å². The maximum atomic E-state index is 12.4. The first-order valence-electron chi connectivity index (χ1n) is 7.92. The highest BCUT2D eigenvalue weighted by atomic mass is 16.5. The summed E-state index contributed by atoms with van der Waals surface area (Å²) in [5.74, 6) is 1.44. The molecule has 0 bridgehead atoms. The van der Waals surface area contributed by atoms with Crippen LogP contribution in [0.1, 0.15) is 11.1 Å². The first kappa shape index (κ1) is 16.1. The second-order valence-electron chi connectivity index (χ2n) is 5.85. The number of ether oxygens (including phenoxy) is 1. The summed E-state index contributed by atoms with van der Waals surface area (Å²) in [4.78, 5) is 17.0. The summed E-state index contributed by atoms with van der Waals surface area (Å²) in [5, 5.41) is 3.91. The van der Waals surface area contributed by atoms with Gasteiger partial charge in [0.25, 0.3) is 5.56 Å². The van der Waals surface area contributed by atoms with Crippen LogP contribution in [0.25, 0.3) is 10.9 Å². The van der Waals surface area contributed by atoms with E-state index in [1.165, 1.54) is 5.56 Å². The highest BCUT2D eigenvalue weighted by Crippen LogP contribution is 2.14. The molecule has 1 N–H and O–H groups in total. The fourth-order valence-corrected chi connectivity index (χ4v) is 2.65. The quantitative estimate of drug-likeness (QED) is 0.784. The molecule has 0 spiro atoms. The third-order valence-corrected chi connectivity index (χ3v) is 4.09. The molecule has 2 aromatic carbocycles. The van der Waals surface area contributed by atoms with Gasteiger partial charge < -0.3 is 10.1 Å². The molecule has 0 saturated carbocycles. The summed E-state index contributed by atoms with van der Waals surface area (Å²) in [6, 6.07) is 13.7. The zero-order chi connectivity index (χ0) is 17.1. The van der Waals surface area contributed by atoms with Gasteiger partial charge in [0.1, 0.15) is 5.75 Å². The van der Waals surface area contributed by atoms with Crippen LogP contribution in [0.3, 0.4) is 0 Å². The Bertz CT molecular complexity index is 914. The zero-order valence-corrected chi connectivity index (χ0v) is 14.2. The molecular formula is C19H21N3O2. The molecule has 0 aliphatic carbocycles. The van der Waals surface area contributed by atoms with Crippen molar-refractivity contribution in [2.75, 3.05) is 19.0 Å². The molecule has 0 unspecified atom stereocenters. The van der Waals surface area contributed by atoms with Crippen molar-refractivity contribution in [3.05, 3.63) is 63.9 Å². The van der Waals surface area contributed by atoms with Gasteiger partial charge in [-0.05, 0) is 48.7 Å². The number of rotatable bonds is 5. The van der Waals surface area contributed by atoms with Gasteiger partial charge in [-0.25, -0.2) is 4.98 Å². The summed E-state index contributed by atoms with van der Waals surface area (Å²) in [6.07, 6.45) is 0.839. The Labute approximate surface area is 140 Å². The maximum Gasteiger partial charge on any atom is 0.262 e. The molecule has 5 nitrogen and oxygen atoms in total. The summed E-state index contributed by atoms with van der Waals surface area (Å²) < 4.78 is 6.72. The van der Waals surface area contributed by atoms with Gasteiger partial charge in [0.05, 0.1) is 18.0 Å². The summed E-state index contributed by atoms with van der Waals surface area (Å²) in [7, 11) is 3.40. The lowest BCUT2D eigenvalue weighted by molar-refractivity contribution is 0.414. The number of hydrogen-bond acceptors (Lipinski definition) is 4. The van der Waals surface area contributed by atoms with Crippen molar-refractivity contribution >= 4 is 16.9 Å². The first-order valence-corrected chi connectivity index (χ1v) is 7.92. The maximum absolute atomic E-state index is 12.4. The Balaban J connectivity index is 1.77. The van der Waals surface area contributed by atoms with Gasteiger partial charge >= 0.3 is 0 Å². The molecule has 3 aromatic rings. The monoisotopic (exact) mass is 323 g/mol. The number of aromatic nitrogens is 2. The Kier molecular flexibility index (Phi) is 4.51. The third-order valence-electron chi connectivity index (χ3n) is 4.09. The number of anilines is 1. The topological polar surface area (TPSA) is 56.1 Å². The van der Waals surface area contributed by atoms with Crippen molar-refractivity contribution in [1.82, 2.24) is 9.55 Å². The smallest absolute Gasteiger partial charge is 0.262 e. The molecule has 3 rings (SSSR count). The van der Waals surface area contributed by atoms with Crippen LogP contribution >= 0.6 is 0 Å². The minimum Gasteiger partial charge on any atom is -0.497 e. The minimum absolute atomic E-state index is 0.0352. The molecule has 1 aromatic heterocycles. The molecule has 0 amide bonds. The number of nitrogens with zero attached hydrogens (tertiary/aromatic N) is 2.